The van der Waals surface area contributed by atoms with Gasteiger partial charge in [-0.1, -0.05) is 17.7 Å². The molecular formula is C19H21N3O3. The number of carbonyl (C=O) groups excluding carboxylic acids is 2. The molecule has 0 spiro atoms. The molecule has 130 valence electrons. The molecule has 0 fully saturated rings. The topological polar surface area (TPSA) is 79.8 Å². The number of anilines is 1. The average molecular weight is 339 g/mol. The Kier molecular flexibility index (Phi) is 6.28. The van der Waals surface area contributed by atoms with Gasteiger partial charge in [-0.05, 0) is 62.2 Å². The minimum absolute atomic E-state index is 0.596. The van der Waals surface area contributed by atoms with E-state index < -0.39 is 11.8 Å². The molecule has 0 atom stereocenters. The Hall–Kier alpha value is -3.15. The lowest BCUT2D eigenvalue weighted by Gasteiger charge is -2.08. The van der Waals surface area contributed by atoms with Crippen molar-refractivity contribution in [2.24, 2.45) is 5.10 Å². The maximum absolute atomic E-state index is 11.9. The van der Waals surface area contributed by atoms with Crippen molar-refractivity contribution in [3.05, 3.63) is 59.2 Å². The normalized spacial score (nSPS) is 10.5. The molecule has 2 amide bonds. The van der Waals surface area contributed by atoms with Crippen LogP contribution in [0, 0.1) is 13.8 Å². The van der Waals surface area contributed by atoms with E-state index >= 15 is 0 Å². The molecule has 0 heterocycles. The summed E-state index contributed by atoms with van der Waals surface area (Å²) >= 11 is 0. The van der Waals surface area contributed by atoms with E-state index in [1.54, 1.807) is 30.3 Å². The van der Waals surface area contributed by atoms with E-state index in [9.17, 15) is 9.59 Å². The fourth-order valence-corrected chi connectivity index (χ4v) is 2.17. The molecule has 6 heteroatoms. The Balaban J connectivity index is 1.89. The van der Waals surface area contributed by atoms with Gasteiger partial charge in [0.25, 0.3) is 0 Å². The van der Waals surface area contributed by atoms with Crippen LogP contribution >= 0.6 is 0 Å². The lowest BCUT2D eigenvalue weighted by molar-refractivity contribution is -0.136. The van der Waals surface area contributed by atoms with Gasteiger partial charge in [0.1, 0.15) is 5.75 Å². The Bertz CT molecular complexity index is 783. The van der Waals surface area contributed by atoms with E-state index in [1.807, 2.05) is 32.9 Å². The number of ether oxygens (including phenoxy) is 1. The molecule has 0 saturated carbocycles. The van der Waals surface area contributed by atoms with Crippen LogP contribution in [0.4, 0.5) is 5.69 Å². The van der Waals surface area contributed by atoms with Crippen LogP contribution in [0.15, 0.2) is 47.6 Å². The van der Waals surface area contributed by atoms with Gasteiger partial charge in [-0.2, -0.15) is 5.10 Å². The highest BCUT2D eigenvalue weighted by molar-refractivity contribution is 6.39. The molecule has 0 aromatic heterocycles. The van der Waals surface area contributed by atoms with E-state index in [-0.39, 0.29) is 0 Å². The van der Waals surface area contributed by atoms with E-state index in [0.29, 0.717) is 12.3 Å². The molecule has 0 bridgehead atoms. The molecule has 0 aliphatic carbocycles. The van der Waals surface area contributed by atoms with Gasteiger partial charge in [0, 0.05) is 5.69 Å². The molecule has 0 saturated heterocycles. The monoisotopic (exact) mass is 339 g/mol. The number of hydrogen-bond donors (Lipinski definition) is 2. The van der Waals surface area contributed by atoms with E-state index in [0.717, 1.165) is 22.4 Å². The van der Waals surface area contributed by atoms with Crippen LogP contribution < -0.4 is 15.5 Å². The van der Waals surface area contributed by atoms with Crippen LogP contribution in [0.3, 0.4) is 0 Å². The van der Waals surface area contributed by atoms with Crippen molar-refractivity contribution < 1.29 is 14.3 Å². The molecule has 0 radical (unpaired) electrons. The van der Waals surface area contributed by atoms with Crippen LogP contribution in [0.2, 0.25) is 0 Å². The van der Waals surface area contributed by atoms with Gasteiger partial charge in [0.2, 0.25) is 0 Å². The number of hydrazone groups is 1. The number of rotatable bonds is 5. The second-order valence-corrected chi connectivity index (χ2v) is 5.47. The first-order chi connectivity index (χ1) is 12.0. The van der Waals surface area contributed by atoms with Crippen LogP contribution in [-0.4, -0.2) is 24.6 Å². The minimum atomic E-state index is -0.831. The summed E-state index contributed by atoms with van der Waals surface area (Å²) in [7, 11) is 0. The third-order valence-electron chi connectivity index (χ3n) is 3.41. The summed E-state index contributed by atoms with van der Waals surface area (Å²) < 4.78 is 5.34. The highest BCUT2D eigenvalue weighted by Gasteiger charge is 2.13. The summed E-state index contributed by atoms with van der Waals surface area (Å²) in [6.45, 7) is 6.33. The number of benzene rings is 2. The van der Waals surface area contributed by atoms with Gasteiger partial charge in [-0.15, -0.1) is 0 Å². The summed E-state index contributed by atoms with van der Waals surface area (Å²) in [6.07, 6.45) is 1.46. The first-order valence-corrected chi connectivity index (χ1v) is 7.94. The number of carbonyl (C=O) groups is 2. The molecule has 2 N–H and O–H groups in total. The summed E-state index contributed by atoms with van der Waals surface area (Å²) in [4.78, 5) is 23.7. The van der Waals surface area contributed by atoms with E-state index in [4.69, 9.17) is 4.74 Å². The SMILES string of the molecule is CCOc1ccc(/C=N/NC(=O)C(=O)Nc2ccc(C)cc2C)cc1. The Morgan fingerprint density at radius 2 is 1.80 bits per heavy atom. The highest BCUT2D eigenvalue weighted by Crippen LogP contribution is 2.15. The molecule has 25 heavy (non-hydrogen) atoms. The predicted octanol–water partition coefficient (Wildman–Crippen LogP) is 2.79. The quantitative estimate of drug-likeness (QED) is 0.499. The lowest BCUT2D eigenvalue weighted by Crippen LogP contribution is -2.32. The van der Waals surface area contributed by atoms with Crippen molar-refractivity contribution >= 4 is 23.7 Å². The fraction of sp³-hybridized carbons (Fsp3) is 0.211. The van der Waals surface area contributed by atoms with Crippen LogP contribution in [0.25, 0.3) is 0 Å². The summed E-state index contributed by atoms with van der Waals surface area (Å²) in [6, 6.07) is 12.8. The molecule has 6 nitrogen and oxygen atoms in total. The maximum Gasteiger partial charge on any atom is 0.329 e. The number of aryl methyl sites for hydroxylation is 2. The van der Waals surface area contributed by atoms with Crippen LogP contribution in [0.5, 0.6) is 5.75 Å². The van der Waals surface area contributed by atoms with Crippen molar-refractivity contribution in [2.75, 3.05) is 11.9 Å². The van der Waals surface area contributed by atoms with Gasteiger partial charge in [0.05, 0.1) is 12.8 Å². The van der Waals surface area contributed by atoms with Gasteiger partial charge >= 0.3 is 11.8 Å². The molecule has 0 aliphatic heterocycles. The van der Waals surface area contributed by atoms with Gasteiger partial charge < -0.3 is 10.1 Å². The van der Waals surface area contributed by atoms with Gasteiger partial charge in [-0.3, -0.25) is 9.59 Å². The Morgan fingerprint density at radius 1 is 1.08 bits per heavy atom. The predicted molar refractivity (Wildman–Crippen MR) is 97.9 cm³/mol. The zero-order chi connectivity index (χ0) is 18.2. The van der Waals surface area contributed by atoms with Crippen molar-refractivity contribution in [2.45, 2.75) is 20.8 Å². The number of amides is 2. The minimum Gasteiger partial charge on any atom is -0.494 e. The van der Waals surface area contributed by atoms with E-state index in [2.05, 4.69) is 15.8 Å². The van der Waals surface area contributed by atoms with Crippen LogP contribution in [0.1, 0.15) is 23.6 Å². The summed E-state index contributed by atoms with van der Waals surface area (Å²) in [5.41, 5.74) is 5.56. The lowest BCUT2D eigenvalue weighted by atomic mass is 10.1. The smallest absolute Gasteiger partial charge is 0.329 e. The molecule has 0 aliphatic rings. The maximum atomic E-state index is 11.9. The average Bonchev–Trinajstić information content (AvgIpc) is 2.59. The Morgan fingerprint density at radius 3 is 2.44 bits per heavy atom. The zero-order valence-electron chi connectivity index (χ0n) is 14.5. The zero-order valence-corrected chi connectivity index (χ0v) is 14.5. The van der Waals surface area contributed by atoms with Crippen LogP contribution in [-0.2, 0) is 9.59 Å². The fourth-order valence-electron chi connectivity index (χ4n) is 2.17. The Labute approximate surface area is 146 Å². The molecule has 2 rings (SSSR count). The number of nitrogens with zero attached hydrogens (tertiary/aromatic N) is 1. The first-order valence-electron chi connectivity index (χ1n) is 7.94. The van der Waals surface area contributed by atoms with Crippen molar-refractivity contribution in [1.29, 1.82) is 0 Å². The summed E-state index contributed by atoms with van der Waals surface area (Å²) in [5, 5.41) is 6.36. The molecule has 0 unspecified atom stereocenters. The summed E-state index contributed by atoms with van der Waals surface area (Å²) in [5.74, 6) is -0.838. The van der Waals surface area contributed by atoms with E-state index in [1.165, 1.54) is 6.21 Å². The third kappa shape index (κ3) is 5.46. The van der Waals surface area contributed by atoms with Crippen molar-refractivity contribution in [1.82, 2.24) is 5.43 Å². The number of hydrogen-bond acceptors (Lipinski definition) is 4. The van der Waals surface area contributed by atoms with Crippen molar-refractivity contribution in [3.63, 3.8) is 0 Å². The highest BCUT2D eigenvalue weighted by atomic mass is 16.5. The molecule has 2 aromatic rings. The van der Waals surface area contributed by atoms with Gasteiger partial charge in [0.15, 0.2) is 0 Å². The first kappa shape index (κ1) is 18.2. The second-order valence-electron chi connectivity index (χ2n) is 5.47. The number of nitrogens with one attached hydrogen (secondary N) is 2. The standard InChI is InChI=1S/C19H21N3O3/c1-4-25-16-8-6-15(7-9-16)12-20-22-19(24)18(23)21-17-10-5-13(2)11-14(17)3/h5-12H,4H2,1-3H3,(H,21,23)(H,22,24)/b20-12+. The largest absolute Gasteiger partial charge is 0.494 e. The van der Waals surface area contributed by atoms with Crippen molar-refractivity contribution in [3.8, 4) is 5.75 Å². The second kappa shape index (κ2) is 8.63. The molecular weight excluding hydrogens is 318 g/mol. The third-order valence-corrected chi connectivity index (χ3v) is 3.41. The van der Waals surface area contributed by atoms with Gasteiger partial charge in [-0.25, -0.2) is 5.43 Å². The molecule has 2 aromatic carbocycles.